The first kappa shape index (κ1) is 46.6. The van der Waals surface area contributed by atoms with Crippen LogP contribution in [-0.2, 0) is 34.4 Å². The molecule has 3 aromatic rings. The Balaban J connectivity index is 1.38. The molecule has 0 amide bonds. The molecule has 55 heavy (non-hydrogen) atoms. The van der Waals surface area contributed by atoms with Crippen LogP contribution in [0, 0.1) is 11.5 Å². The molecule has 1 aromatic carbocycles. The van der Waals surface area contributed by atoms with E-state index < -0.39 is 38.8 Å². The fourth-order valence-corrected chi connectivity index (χ4v) is 7.12. The van der Waals surface area contributed by atoms with Gasteiger partial charge in [0.2, 0.25) is 0 Å². The Bertz CT molecular complexity index is 1580. The van der Waals surface area contributed by atoms with E-state index in [1.54, 1.807) is 18.2 Å². The minimum Gasteiger partial charge on any atom is -0.419 e. The van der Waals surface area contributed by atoms with E-state index >= 15 is 0 Å². The molecule has 0 aliphatic carbocycles. The lowest BCUT2D eigenvalue weighted by Crippen LogP contribution is -2.37. The SMILES string of the molecule is CCCCCCCCCCCCCCCCCCOC[C@H](COP(=O)(O)OC[C@@H](OC#N)[C@@H](O)[C@@H](O)c1ccc2c(N)ncnn12)OCc1ccccc1Cl. The summed E-state index contributed by atoms with van der Waals surface area (Å²) < 4.78 is 41.2. The van der Waals surface area contributed by atoms with Crippen LogP contribution in [0.4, 0.5) is 5.82 Å². The van der Waals surface area contributed by atoms with Crippen molar-refractivity contribution < 1.29 is 42.9 Å². The number of aliphatic hydroxyl groups is 2. The number of nitriles is 1. The standard InChI is InChI=1S/C39H61ClN5O9P/c1-2-3-4-5-6-7-8-9-10-11-12-13-14-15-16-19-24-50-26-32(51-25-31-20-17-18-21-33(31)40)27-53-55(48,49)54-28-36(52-29-41)38(47)37(46)34-22-23-35-39(42)43-30-44-45(34)35/h17-18,20-23,30,32,36-38,46-47H,2-16,19,24-28H2,1H3,(H,48,49)(H2,42,43,44)/t32-,36-,37+,38-/m1/s1. The Labute approximate surface area is 330 Å². The van der Waals surface area contributed by atoms with Gasteiger partial charge >= 0.3 is 7.82 Å². The molecule has 16 heteroatoms. The number of hydrogen-bond donors (Lipinski definition) is 4. The molecule has 1 unspecified atom stereocenters. The Morgan fingerprint density at radius 1 is 0.873 bits per heavy atom. The highest BCUT2D eigenvalue weighted by atomic mass is 35.5. The van der Waals surface area contributed by atoms with Gasteiger partial charge in [0.15, 0.2) is 11.9 Å². The Morgan fingerprint density at radius 3 is 2.09 bits per heavy atom. The van der Waals surface area contributed by atoms with Crippen molar-refractivity contribution in [3.8, 4) is 6.26 Å². The average molecular weight is 810 g/mol. The van der Waals surface area contributed by atoms with Gasteiger partial charge in [0.05, 0.1) is 32.1 Å². The number of nitrogen functional groups attached to an aromatic ring is 1. The third-order valence-electron chi connectivity index (χ3n) is 9.43. The number of benzene rings is 1. The third-order valence-corrected chi connectivity index (χ3v) is 10.7. The van der Waals surface area contributed by atoms with Crippen LogP contribution in [0.15, 0.2) is 42.7 Å². The molecule has 5 N–H and O–H groups in total. The van der Waals surface area contributed by atoms with Crippen molar-refractivity contribution in [1.29, 1.82) is 5.26 Å². The summed E-state index contributed by atoms with van der Waals surface area (Å²) in [5.74, 6) is 0.147. The third kappa shape index (κ3) is 17.9. The monoisotopic (exact) mass is 809 g/mol. The first-order valence-electron chi connectivity index (χ1n) is 19.7. The van der Waals surface area contributed by atoms with Crippen molar-refractivity contribution in [3.63, 3.8) is 0 Å². The number of ether oxygens (including phenoxy) is 3. The van der Waals surface area contributed by atoms with Crippen molar-refractivity contribution in [2.24, 2.45) is 0 Å². The molecule has 2 heterocycles. The number of nitrogens with two attached hydrogens (primary N) is 1. The molecule has 308 valence electrons. The van der Waals surface area contributed by atoms with Gasteiger partial charge in [-0.15, -0.1) is 0 Å². The second kappa shape index (κ2) is 26.9. The molecule has 2 aromatic heterocycles. The molecule has 0 aliphatic heterocycles. The summed E-state index contributed by atoms with van der Waals surface area (Å²) in [6, 6.07) is 10.2. The highest BCUT2D eigenvalue weighted by Gasteiger charge is 2.35. The highest BCUT2D eigenvalue weighted by molar-refractivity contribution is 7.47. The van der Waals surface area contributed by atoms with Gasteiger partial charge in [0, 0.05) is 11.6 Å². The van der Waals surface area contributed by atoms with Gasteiger partial charge in [-0.1, -0.05) is 133 Å². The number of unbranched alkanes of at least 4 members (excludes halogenated alkanes) is 15. The second-order valence-corrected chi connectivity index (χ2v) is 15.7. The molecular weight excluding hydrogens is 749 g/mol. The lowest BCUT2D eigenvalue weighted by molar-refractivity contribution is -0.0821. The van der Waals surface area contributed by atoms with Gasteiger partial charge in [-0.3, -0.25) is 9.05 Å². The zero-order valence-electron chi connectivity index (χ0n) is 32.2. The molecule has 0 bridgehead atoms. The van der Waals surface area contributed by atoms with Gasteiger partial charge in [-0.25, -0.2) is 14.1 Å². The Kier molecular flexibility index (Phi) is 22.8. The molecule has 0 radical (unpaired) electrons. The minimum atomic E-state index is -4.77. The van der Waals surface area contributed by atoms with E-state index in [1.165, 1.54) is 107 Å². The fraction of sp³-hybridized carbons (Fsp3) is 0.667. The van der Waals surface area contributed by atoms with Crippen molar-refractivity contribution in [1.82, 2.24) is 14.6 Å². The van der Waals surface area contributed by atoms with Gasteiger partial charge in [0.1, 0.15) is 30.2 Å². The summed E-state index contributed by atoms with van der Waals surface area (Å²) >= 11 is 6.30. The first-order valence-corrected chi connectivity index (χ1v) is 21.6. The van der Waals surface area contributed by atoms with Gasteiger partial charge < -0.3 is 35.1 Å². The van der Waals surface area contributed by atoms with Crippen molar-refractivity contribution in [3.05, 3.63) is 59.0 Å². The smallest absolute Gasteiger partial charge is 0.419 e. The van der Waals surface area contributed by atoms with Crippen LogP contribution in [0.5, 0.6) is 0 Å². The molecule has 0 saturated heterocycles. The predicted molar refractivity (Wildman–Crippen MR) is 211 cm³/mol. The molecule has 0 aliphatic rings. The number of halogens is 1. The zero-order chi connectivity index (χ0) is 39.7. The Hall–Kier alpha value is -2.83. The van der Waals surface area contributed by atoms with E-state index in [2.05, 4.69) is 17.0 Å². The summed E-state index contributed by atoms with van der Waals surface area (Å²) in [5, 5.41) is 35.4. The van der Waals surface area contributed by atoms with Crippen molar-refractivity contribution >= 4 is 30.8 Å². The number of phosphoric acid groups is 1. The first-order chi connectivity index (χ1) is 26.7. The maximum Gasteiger partial charge on any atom is 0.472 e. The number of nitrogens with zero attached hydrogens (tertiary/aromatic N) is 4. The molecular formula is C39H61ClN5O9P. The number of aliphatic hydroxyl groups excluding tert-OH is 2. The number of rotatable bonds is 32. The van der Waals surface area contributed by atoms with Crippen LogP contribution in [0.3, 0.4) is 0 Å². The summed E-state index contributed by atoms with van der Waals surface area (Å²) in [6.07, 6.45) is 17.3. The maximum absolute atomic E-state index is 12.9. The maximum atomic E-state index is 12.9. The second-order valence-electron chi connectivity index (χ2n) is 13.8. The lowest BCUT2D eigenvalue weighted by Gasteiger charge is -2.25. The van der Waals surface area contributed by atoms with Crippen LogP contribution in [0.1, 0.15) is 127 Å². The minimum absolute atomic E-state index is 0.0909. The number of phosphoric ester groups is 1. The van der Waals surface area contributed by atoms with Gasteiger partial charge in [-0.2, -0.15) is 10.4 Å². The van der Waals surface area contributed by atoms with Crippen LogP contribution in [0.2, 0.25) is 5.02 Å². The van der Waals surface area contributed by atoms with Gasteiger partial charge in [0.25, 0.3) is 6.26 Å². The molecule has 0 saturated carbocycles. The molecule has 0 spiro atoms. The summed E-state index contributed by atoms with van der Waals surface area (Å²) in [7, 11) is -4.77. The number of fused-ring (bicyclic) bond motifs is 1. The van der Waals surface area contributed by atoms with E-state index in [0.717, 1.165) is 24.8 Å². The molecule has 0 fully saturated rings. The van der Waals surface area contributed by atoms with Gasteiger partial charge in [-0.05, 0) is 30.2 Å². The van der Waals surface area contributed by atoms with Crippen molar-refractivity contribution in [2.75, 3.05) is 32.2 Å². The van der Waals surface area contributed by atoms with Crippen LogP contribution in [-0.4, -0.2) is 74.4 Å². The predicted octanol–water partition coefficient (Wildman–Crippen LogP) is 8.22. The number of hydrogen-bond acceptors (Lipinski definition) is 12. The normalized spacial score (nSPS) is 15.0. The molecule has 5 atom stereocenters. The van der Waals surface area contributed by atoms with E-state index in [9.17, 15) is 19.7 Å². The molecule has 14 nitrogen and oxygen atoms in total. The van der Waals surface area contributed by atoms with Crippen LogP contribution < -0.4 is 5.73 Å². The lowest BCUT2D eigenvalue weighted by atomic mass is 10.0. The van der Waals surface area contributed by atoms with E-state index in [-0.39, 0.29) is 31.3 Å². The zero-order valence-corrected chi connectivity index (χ0v) is 33.8. The fourth-order valence-electron chi connectivity index (χ4n) is 6.16. The van der Waals surface area contributed by atoms with E-state index in [1.807, 2.05) is 12.1 Å². The number of aromatic nitrogens is 3. The largest absolute Gasteiger partial charge is 0.472 e. The topological polar surface area (TPSA) is 204 Å². The number of anilines is 1. The quantitative estimate of drug-likeness (QED) is 0.0267. The Morgan fingerprint density at radius 2 is 1.47 bits per heavy atom. The van der Waals surface area contributed by atoms with E-state index in [4.69, 9.17) is 45.9 Å². The van der Waals surface area contributed by atoms with Crippen LogP contribution in [0.25, 0.3) is 5.52 Å². The summed E-state index contributed by atoms with van der Waals surface area (Å²) in [5.41, 5.74) is 7.07. The van der Waals surface area contributed by atoms with Crippen LogP contribution >= 0.6 is 19.4 Å². The molecule has 3 rings (SSSR count). The summed E-state index contributed by atoms with van der Waals surface area (Å²) in [4.78, 5) is 14.4. The van der Waals surface area contributed by atoms with Crippen molar-refractivity contribution in [2.45, 2.75) is 141 Å². The average Bonchev–Trinajstić information content (AvgIpc) is 3.62. The van der Waals surface area contributed by atoms with E-state index in [0.29, 0.717) is 17.1 Å². The highest BCUT2D eigenvalue weighted by Crippen LogP contribution is 2.44. The summed E-state index contributed by atoms with van der Waals surface area (Å²) in [6.45, 7) is 1.81.